The van der Waals surface area contributed by atoms with E-state index in [2.05, 4.69) is 67.4 Å². The average Bonchev–Trinajstić information content (AvgIpc) is 3.23. The fourth-order valence-electron chi connectivity index (χ4n) is 7.06. The maximum atomic E-state index is 13.6. The molecular formula is C29H46N8O3. The van der Waals surface area contributed by atoms with Crippen LogP contribution in [0.4, 0.5) is 11.4 Å². The minimum absolute atomic E-state index is 0.0138. The second-order valence-corrected chi connectivity index (χ2v) is 12.3. The lowest BCUT2D eigenvalue weighted by Gasteiger charge is -2.47. The molecule has 1 aromatic rings. The van der Waals surface area contributed by atoms with Gasteiger partial charge in [0.15, 0.2) is 0 Å². The van der Waals surface area contributed by atoms with E-state index in [0.717, 1.165) is 68.8 Å². The Bertz CT molecular complexity index is 1090. The third-order valence-electron chi connectivity index (χ3n) is 9.50. The molecule has 6 atom stereocenters. The summed E-state index contributed by atoms with van der Waals surface area (Å²) in [5, 5.41) is 39.9. The molecule has 0 saturated carbocycles. The standard InChI is InChI=1S/C29H46N8O3/c1-29(40)11-4-3-5-12-36-27(39)22-18-30-28(33-26(22)37(36)25-8-6-7-24(29)32-25)31-21-9-10-23(20(17-21)19-38)35-15-13-34(2)14-16-35/h3,5,9-10,17,22,24-26,28,30-33,38,40H,4,6-8,11-16,18-19H2,1-2H3/b5-3-. The highest BCUT2D eigenvalue weighted by Gasteiger charge is 2.52. The van der Waals surface area contributed by atoms with Crippen molar-refractivity contribution in [3.05, 3.63) is 35.9 Å². The van der Waals surface area contributed by atoms with Crippen molar-refractivity contribution in [1.82, 2.24) is 30.9 Å². The lowest BCUT2D eigenvalue weighted by Crippen LogP contribution is -2.69. The van der Waals surface area contributed by atoms with Crippen LogP contribution in [0.1, 0.15) is 44.6 Å². The molecule has 0 spiro atoms. The number of benzene rings is 1. The van der Waals surface area contributed by atoms with Crippen LogP contribution in [-0.4, -0.2) is 108 Å². The molecule has 6 rings (SSSR count). The van der Waals surface area contributed by atoms with Gasteiger partial charge in [-0.2, -0.15) is 5.01 Å². The molecule has 1 aromatic carbocycles. The second kappa shape index (κ2) is 11.6. The number of nitrogens with one attached hydrogen (secondary N) is 4. The van der Waals surface area contributed by atoms with Crippen molar-refractivity contribution in [2.45, 2.75) is 75.9 Å². The number of hydrazine groups is 1. The maximum Gasteiger partial charge on any atom is 0.244 e. The lowest BCUT2D eigenvalue weighted by atomic mass is 9.85. The van der Waals surface area contributed by atoms with Gasteiger partial charge >= 0.3 is 0 Å². The Kier molecular flexibility index (Phi) is 8.06. The van der Waals surface area contributed by atoms with Gasteiger partial charge in [-0.15, -0.1) is 0 Å². The number of piperazine rings is 1. The molecule has 1 amide bonds. The van der Waals surface area contributed by atoms with Crippen LogP contribution in [0.25, 0.3) is 0 Å². The number of hydrogen-bond acceptors (Lipinski definition) is 10. The molecule has 0 radical (unpaired) electrons. The van der Waals surface area contributed by atoms with Crippen LogP contribution >= 0.6 is 0 Å². The third kappa shape index (κ3) is 5.48. The number of nitrogens with zero attached hydrogens (tertiary/aromatic N) is 4. The van der Waals surface area contributed by atoms with E-state index >= 15 is 0 Å². The summed E-state index contributed by atoms with van der Waals surface area (Å²) in [6.45, 7) is 6.94. The number of carbonyl (C=O) groups excluding carboxylic acids is 1. The fourth-order valence-corrected chi connectivity index (χ4v) is 7.06. The quantitative estimate of drug-likeness (QED) is 0.292. The van der Waals surface area contributed by atoms with Gasteiger partial charge in [-0.1, -0.05) is 12.2 Å². The van der Waals surface area contributed by atoms with E-state index in [9.17, 15) is 15.0 Å². The molecule has 6 N–H and O–H groups in total. The van der Waals surface area contributed by atoms with Gasteiger partial charge in [-0.05, 0) is 64.3 Å². The maximum absolute atomic E-state index is 13.6. The molecule has 5 aliphatic heterocycles. The number of anilines is 2. The van der Waals surface area contributed by atoms with Crippen LogP contribution in [0.2, 0.25) is 0 Å². The molecule has 220 valence electrons. The first kappa shape index (κ1) is 27.9. The molecule has 5 heterocycles. The van der Waals surface area contributed by atoms with Crippen LogP contribution in [0.3, 0.4) is 0 Å². The van der Waals surface area contributed by atoms with Crippen molar-refractivity contribution in [3.63, 3.8) is 0 Å². The van der Waals surface area contributed by atoms with Crippen molar-refractivity contribution < 1.29 is 15.0 Å². The van der Waals surface area contributed by atoms with Gasteiger partial charge in [0.2, 0.25) is 5.91 Å². The van der Waals surface area contributed by atoms with E-state index in [1.807, 2.05) is 18.0 Å². The molecule has 4 fully saturated rings. The number of piperidine rings is 1. The number of aliphatic hydroxyl groups excluding tert-OH is 1. The van der Waals surface area contributed by atoms with Gasteiger partial charge in [0.05, 0.1) is 37.0 Å². The third-order valence-corrected chi connectivity index (χ3v) is 9.50. The smallest absolute Gasteiger partial charge is 0.244 e. The summed E-state index contributed by atoms with van der Waals surface area (Å²) in [5.74, 6) is -0.0770. The normalized spacial score (nSPS) is 36.5. The van der Waals surface area contributed by atoms with Gasteiger partial charge in [-0.3, -0.25) is 25.8 Å². The highest BCUT2D eigenvalue weighted by molar-refractivity contribution is 5.82. The van der Waals surface area contributed by atoms with E-state index in [1.165, 1.54) is 0 Å². The van der Waals surface area contributed by atoms with Crippen molar-refractivity contribution in [2.75, 3.05) is 56.5 Å². The van der Waals surface area contributed by atoms with E-state index in [0.29, 0.717) is 19.5 Å². The van der Waals surface area contributed by atoms with Crippen LogP contribution < -0.4 is 26.2 Å². The fraction of sp³-hybridized carbons (Fsp3) is 0.690. The highest BCUT2D eigenvalue weighted by atomic mass is 16.3. The number of amides is 1. The Morgan fingerprint density at radius 2 is 1.95 bits per heavy atom. The van der Waals surface area contributed by atoms with Crippen molar-refractivity contribution in [1.29, 1.82) is 0 Å². The molecule has 11 nitrogen and oxygen atoms in total. The number of likely N-dealkylation sites (N-methyl/N-ethyl adjacent to an activating group) is 1. The predicted molar refractivity (Wildman–Crippen MR) is 155 cm³/mol. The zero-order valence-corrected chi connectivity index (χ0v) is 23.9. The average molecular weight is 555 g/mol. The Labute approximate surface area is 237 Å². The van der Waals surface area contributed by atoms with Crippen molar-refractivity contribution >= 4 is 17.3 Å². The molecule has 11 heteroatoms. The topological polar surface area (TPSA) is 119 Å². The molecule has 4 saturated heterocycles. The van der Waals surface area contributed by atoms with Gasteiger partial charge < -0.3 is 25.3 Å². The van der Waals surface area contributed by atoms with E-state index in [4.69, 9.17) is 0 Å². The SMILES string of the molecule is CN1CCN(c2ccc(NC3NCC4C(=O)N5C/C=C\CCC(C)(O)C6CCCC(N6)N5C4N3)cc2CO)CC1. The molecule has 0 aliphatic carbocycles. The van der Waals surface area contributed by atoms with Gasteiger partial charge in [-0.25, -0.2) is 0 Å². The van der Waals surface area contributed by atoms with Crippen LogP contribution in [0.15, 0.2) is 30.4 Å². The summed E-state index contributed by atoms with van der Waals surface area (Å²) in [7, 11) is 2.14. The van der Waals surface area contributed by atoms with E-state index < -0.39 is 5.60 Å². The van der Waals surface area contributed by atoms with E-state index in [1.54, 1.807) is 0 Å². The minimum atomic E-state index is -0.798. The number of aliphatic hydroxyl groups is 2. The number of rotatable bonds is 4. The minimum Gasteiger partial charge on any atom is -0.392 e. The Morgan fingerprint density at radius 3 is 2.75 bits per heavy atom. The van der Waals surface area contributed by atoms with Gasteiger partial charge in [0.1, 0.15) is 6.29 Å². The van der Waals surface area contributed by atoms with Crippen LogP contribution in [0.5, 0.6) is 0 Å². The molecule has 5 aliphatic rings. The Hall–Kier alpha value is -2.25. The number of fused-ring (bicyclic) bond motifs is 6. The summed E-state index contributed by atoms with van der Waals surface area (Å²) < 4.78 is 0. The zero-order valence-electron chi connectivity index (χ0n) is 23.9. The summed E-state index contributed by atoms with van der Waals surface area (Å²) in [4.78, 5) is 18.3. The molecule has 0 aromatic heterocycles. The first-order valence-electron chi connectivity index (χ1n) is 15.0. The van der Waals surface area contributed by atoms with Crippen LogP contribution in [-0.2, 0) is 11.4 Å². The Morgan fingerprint density at radius 1 is 1.12 bits per heavy atom. The Balaban J connectivity index is 1.19. The van der Waals surface area contributed by atoms with Gasteiger partial charge in [0.25, 0.3) is 0 Å². The monoisotopic (exact) mass is 554 g/mol. The van der Waals surface area contributed by atoms with E-state index in [-0.39, 0.29) is 43.1 Å². The number of allylic oxidation sites excluding steroid dienone is 1. The number of carbonyl (C=O) groups is 1. The number of hydrogen-bond donors (Lipinski definition) is 6. The van der Waals surface area contributed by atoms with Crippen molar-refractivity contribution in [2.24, 2.45) is 5.92 Å². The summed E-state index contributed by atoms with van der Waals surface area (Å²) >= 11 is 0. The molecular weight excluding hydrogens is 508 g/mol. The van der Waals surface area contributed by atoms with Crippen LogP contribution in [0, 0.1) is 5.92 Å². The van der Waals surface area contributed by atoms with Crippen molar-refractivity contribution in [3.8, 4) is 0 Å². The van der Waals surface area contributed by atoms with Gasteiger partial charge in [0, 0.05) is 55.7 Å². The molecule has 2 bridgehead atoms. The molecule has 40 heavy (non-hydrogen) atoms. The first-order chi connectivity index (χ1) is 19.3. The summed E-state index contributed by atoms with van der Waals surface area (Å²) in [5.41, 5.74) is 2.12. The second-order valence-electron chi connectivity index (χ2n) is 12.3. The summed E-state index contributed by atoms with van der Waals surface area (Å²) in [6, 6.07) is 6.19. The highest BCUT2D eigenvalue weighted by Crippen LogP contribution is 2.34. The molecule has 6 unspecified atom stereocenters. The predicted octanol–water partition coefficient (Wildman–Crippen LogP) is 0.390. The largest absolute Gasteiger partial charge is 0.392 e. The first-order valence-corrected chi connectivity index (χ1v) is 15.0. The lowest BCUT2D eigenvalue weighted by molar-refractivity contribution is -0.146. The zero-order chi connectivity index (χ0) is 27.9. The summed E-state index contributed by atoms with van der Waals surface area (Å²) in [6.07, 6.45) is 8.05.